The Morgan fingerprint density at radius 2 is 1.08 bits per heavy atom. The molecule has 0 bridgehead atoms. The average molecular weight is 507 g/mol. The van der Waals surface area contributed by atoms with Gasteiger partial charge in [0.1, 0.15) is 0 Å². The minimum absolute atomic E-state index is 0.883. The molecule has 0 aliphatic carbocycles. The maximum atomic E-state index is 3.55. The molecule has 0 amide bonds. The van der Waals surface area contributed by atoms with Crippen molar-refractivity contribution in [1.29, 1.82) is 0 Å². The van der Waals surface area contributed by atoms with Crippen LogP contribution in [0, 0.1) is 0 Å². The van der Waals surface area contributed by atoms with Crippen LogP contribution in [0.2, 0.25) is 0 Å². The monoisotopic (exact) mass is 506 g/mol. The zero-order chi connectivity index (χ0) is 25.3. The average Bonchev–Trinajstić information content (AvgIpc) is 3.37. The smallest absolute Gasteiger partial charge is 0.0605 e. The van der Waals surface area contributed by atoms with Crippen LogP contribution in [0.25, 0.3) is 38.4 Å². The van der Waals surface area contributed by atoms with Crippen molar-refractivity contribution in [3.63, 3.8) is 0 Å². The molecule has 38 heavy (non-hydrogen) atoms. The normalized spacial score (nSPS) is 12.2. The van der Waals surface area contributed by atoms with Gasteiger partial charge in [-0.15, -0.1) is 11.3 Å². The molecule has 0 unspecified atom stereocenters. The molecule has 7 rings (SSSR count). The lowest BCUT2D eigenvalue weighted by atomic mass is 10.0. The zero-order valence-corrected chi connectivity index (χ0v) is 21.7. The summed E-state index contributed by atoms with van der Waals surface area (Å²) in [7, 11) is 0. The number of fused-ring (bicyclic) bond motifs is 3. The lowest BCUT2D eigenvalue weighted by molar-refractivity contribution is 1.29. The Bertz CT molecular complexity index is 1650. The summed E-state index contributed by atoms with van der Waals surface area (Å²) >= 11 is 1.85. The molecule has 182 valence electrons. The van der Waals surface area contributed by atoms with Gasteiger partial charge in [0.25, 0.3) is 0 Å². The van der Waals surface area contributed by atoms with Gasteiger partial charge in [0.15, 0.2) is 0 Å². The number of hydrogen-bond donors (Lipinski definition) is 1. The van der Waals surface area contributed by atoms with Crippen LogP contribution in [0.5, 0.6) is 0 Å². The van der Waals surface area contributed by atoms with Gasteiger partial charge in [0, 0.05) is 33.7 Å². The van der Waals surface area contributed by atoms with E-state index in [1.165, 1.54) is 42.9 Å². The number of rotatable bonds is 5. The van der Waals surface area contributed by atoms with E-state index in [1.54, 1.807) is 0 Å². The SMILES string of the molecule is C1=Cc2sc3cc(N(c4ccc(-c5ccccc5)cc4)c4ccc(-c5ccccc5)cc4)ccc3c2NC1. The molecule has 1 aromatic heterocycles. The Kier molecular flexibility index (Phi) is 5.76. The van der Waals surface area contributed by atoms with Gasteiger partial charge in [-0.3, -0.25) is 0 Å². The predicted molar refractivity (Wildman–Crippen MR) is 165 cm³/mol. The fourth-order valence-electron chi connectivity index (χ4n) is 5.18. The molecule has 2 heterocycles. The van der Waals surface area contributed by atoms with Crippen LogP contribution in [0.15, 0.2) is 133 Å². The topological polar surface area (TPSA) is 15.3 Å². The van der Waals surface area contributed by atoms with Crippen LogP contribution >= 0.6 is 11.3 Å². The van der Waals surface area contributed by atoms with Crippen molar-refractivity contribution in [2.45, 2.75) is 0 Å². The summed E-state index contributed by atoms with van der Waals surface area (Å²) in [5, 5.41) is 4.84. The zero-order valence-electron chi connectivity index (χ0n) is 20.8. The Morgan fingerprint density at radius 3 is 1.66 bits per heavy atom. The van der Waals surface area contributed by atoms with Gasteiger partial charge >= 0.3 is 0 Å². The molecular weight excluding hydrogens is 480 g/mol. The van der Waals surface area contributed by atoms with Crippen LogP contribution in [0.1, 0.15) is 4.88 Å². The number of nitrogens with one attached hydrogen (secondary N) is 1. The maximum Gasteiger partial charge on any atom is 0.0605 e. The largest absolute Gasteiger partial charge is 0.380 e. The molecule has 6 aromatic rings. The first kappa shape index (κ1) is 22.6. The Hall–Kier alpha value is -4.60. The van der Waals surface area contributed by atoms with Crippen LogP contribution in [0.4, 0.5) is 22.7 Å². The Labute approximate surface area is 227 Å². The van der Waals surface area contributed by atoms with Crippen molar-refractivity contribution >= 4 is 50.2 Å². The van der Waals surface area contributed by atoms with Gasteiger partial charge in [-0.05, 0) is 70.8 Å². The van der Waals surface area contributed by atoms with E-state index in [0.29, 0.717) is 0 Å². The van der Waals surface area contributed by atoms with E-state index in [0.717, 1.165) is 23.6 Å². The second-order valence-electron chi connectivity index (χ2n) is 9.47. The summed E-state index contributed by atoms with van der Waals surface area (Å²) in [6, 6.07) is 45.7. The maximum absolute atomic E-state index is 3.55. The lowest BCUT2D eigenvalue weighted by Crippen LogP contribution is -2.09. The lowest BCUT2D eigenvalue weighted by Gasteiger charge is -2.26. The predicted octanol–water partition coefficient (Wildman–Crippen LogP) is 10.1. The van der Waals surface area contributed by atoms with Gasteiger partial charge in [-0.2, -0.15) is 0 Å². The molecule has 0 radical (unpaired) electrons. The molecule has 2 nitrogen and oxygen atoms in total. The fraction of sp³-hybridized carbons (Fsp3) is 0.0286. The summed E-state index contributed by atoms with van der Waals surface area (Å²) in [6.07, 6.45) is 4.42. The molecule has 3 heteroatoms. The van der Waals surface area contributed by atoms with Crippen molar-refractivity contribution in [2.24, 2.45) is 0 Å². The van der Waals surface area contributed by atoms with Crippen LogP contribution in [0.3, 0.4) is 0 Å². The Balaban J connectivity index is 1.32. The van der Waals surface area contributed by atoms with E-state index >= 15 is 0 Å². The minimum Gasteiger partial charge on any atom is -0.380 e. The van der Waals surface area contributed by atoms with Gasteiger partial charge in [-0.25, -0.2) is 0 Å². The molecule has 1 N–H and O–H groups in total. The third kappa shape index (κ3) is 4.17. The standard InChI is InChI=1S/C35H26N2S/c1-3-8-25(9-4-1)27-13-17-29(18-14-27)37(30-19-15-28(16-20-30)26-10-5-2-6-11-26)31-21-22-32-34(24-31)38-33-12-7-23-36-35(32)33/h1-22,24,36H,23H2. The molecule has 1 aliphatic rings. The molecule has 0 saturated carbocycles. The highest BCUT2D eigenvalue weighted by Crippen LogP contribution is 2.43. The highest BCUT2D eigenvalue weighted by molar-refractivity contribution is 7.20. The molecule has 1 aliphatic heterocycles. The highest BCUT2D eigenvalue weighted by atomic mass is 32.1. The van der Waals surface area contributed by atoms with Gasteiger partial charge < -0.3 is 10.2 Å². The molecule has 0 spiro atoms. The van der Waals surface area contributed by atoms with E-state index in [9.17, 15) is 0 Å². The molecular formula is C35H26N2S. The van der Waals surface area contributed by atoms with Gasteiger partial charge in [0.05, 0.1) is 10.6 Å². The van der Waals surface area contributed by atoms with Crippen LogP contribution in [-0.4, -0.2) is 6.54 Å². The number of hydrogen-bond acceptors (Lipinski definition) is 3. The Morgan fingerprint density at radius 1 is 0.553 bits per heavy atom. The van der Waals surface area contributed by atoms with Crippen molar-refractivity contribution in [3.05, 3.63) is 138 Å². The van der Waals surface area contributed by atoms with E-state index in [2.05, 4.69) is 150 Å². The molecule has 0 saturated heterocycles. The van der Waals surface area contributed by atoms with Crippen molar-refractivity contribution in [1.82, 2.24) is 0 Å². The minimum atomic E-state index is 0.883. The van der Waals surface area contributed by atoms with E-state index in [4.69, 9.17) is 0 Å². The van der Waals surface area contributed by atoms with E-state index < -0.39 is 0 Å². The number of nitrogens with zero attached hydrogens (tertiary/aromatic N) is 1. The summed E-state index contributed by atoms with van der Waals surface area (Å²) in [5.74, 6) is 0. The second kappa shape index (κ2) is 9.70. The fourth-order valence-corrected chi connectivity index (χ4v) is 6.33. The van der Waals surface area contributed by atoms with Crippen molar-refractivity contribution in [3.8, 4) is 22.3 Å². The van der Waals surface area contributed by atoms with Crippen LogP contribution in [-0.2, 0) is 0 Å². The molecule has 0 fully saturated rings. The van der Waals surface area contributed by atoms with Crippen molar-refractivity contribution in [2.75, 3.05) is 16.8 Å². The van der Waals surface area contributed by atoms with Crippen molar-refractivity contribution < 1.29 is 0 Å². The number of thiophene rings is 1. The summed E-state index contributed by atoms with van der Waals surface area (Å²) in [4.78, 5) is 3.65. The second-order valence-corrected chi connectivity index (χ2v) is 10.6. The summed E-state index contributed by atoms with van der Waals surface area (Å²) in [5.41, 5.74) is 9.56. The van der Waals surface area contributed by atoms with E-state index in [-0.39, 0.29) is 0 Å². The molecule has 5 aromatic carbocycles. The first-order valence-electron chi connectivity index (χ1n) is 12.9. The van der Waals surface area contributed by atoms with Gasteiger partial charge in [-0.1, -0.05) is 91.0 Å². The van der Waals surface area contributed by atoms with Crippen LogP contribution < -0.4 is 10.2 Å². The quantitative estimate of drug-likeness (QED) is 0.250. The van der Waals surface area contributed by atoms with E-state index in [1.807, 2.05) is 11.3 Å². The highest BCUT2D eigenvalue weighted by Gasteiger charge is 2.17. The molecule has 0 atom stereocenters. The summed E-state index contributed by atoms with van der Waals surface area (Å²) in [6.45, 7) is 0.883. The third-order valence-electron chi connectivity index (χ3n) is 7.09. The third-order valence-corrected chi connectivity index (χ3v) is 8.21. The summed E-state index contributed by atoms with van der Waals surface area (Å²) < 4.78 is 1.29. The van der Waals surface area contributed by atoms with Gasteiger partial charge in [0.2, 0.25) is 0 Å². The first-order valence-corrected chi connectivity index (χ1v) is 13.7. The first-order chi connectivity index (χ1) is 18.8. The number of benzene rings is 5. The number of anilines is 4.